The van der Waals surface area contributed by atoms with E-state index in [4.69, 9.17) is 11.6 Å². The molecule has 33 heavy (non-hydrogen) atoms. The van der Waals surface area contributed by atoms with Crippen molar-refractivity contribution in [3.63, 3.8) is 0 Å². The van der Waals surface area contributed by atoms with Crippen molar-refractivity contribution < 1.29 is 31.1 Å². The molecule has 4 nitrogen and oxygen atoms in total. The van der Waals surface area contributed by atoms with E-state index in [1.165, 1.54) is 6.92 Å². The summed E-state index contributed by atoms with van der Waals surface area (Å²) in [5.41, 5.74) is -2.06. The molecule has 1 amide bonds. The van der Waals surface area contributed by atoms with Crippen LogP contribution in [0.4, 0.5) is 32.0 Å². The Hall–Kier alpha value is -2.79. The molecule has 0 fully saturated rings. The molecule has 0 aliphatic rings. The Morgan fingerprint density at radius 3 is 2.24 bits per heavy atom. The molecule has 0 radical (unpaired) electrons. The van der Waals surface area contributed by atoms with E-state index in [0.717, 1.165) is 18.2 Å². The molecule has 1 aromatic heterocycles. The monoisotopic (exact) mass is 505 g/mol. The van der Waals surface area contributed by atoms with Crippen molar-refractivity contribution in [3.8, 4) is 11.3 Å². The Labute approximate surface area is 193 Å². The summed E-state index contributed by atoms with van der Waals surface area (Å²) in [6.45, 7) is 1.35. The summed E-state index contributed by atoms with van der Waals surface area (Å²) >= 11 is 6.50. The number of alkyl halides is 6. The van der Waals surface area contributed by atoms with Crippen LogP contribution in [-0.4, -0.2) is 21.1 Å². The van der Waals surface area contributed by atoms with Gasteiger partial charge in [0.05, 0.1) is 27.2 Å². The molecule has 174 valence electrons. The van der Waals surface area contributed by atoms with Crippen molar-refractivity contribution in [2.24, 2.45) is 0 Å². The number of halogens is 7. The fourth-order valence-electron chi connectivity index (χ4n) is 2.62. The number of nitrogens with one attached hydrogen (secondary N) is 1. The summed E-state index contributed by atoms with van der Waals surface area (Å²) in [7, 11) is 0. The van der Waals surface area contributed by atoms with Crippen LogP contribution in [0, 0.1) is 0 Å². The number of hydrogen-bond acceptors (Lipinski definition) is 4. The molecular formula is C21H14ClF6N3OS. The summed E-state index contributed by atoms with van der Waals surface area (Å²) in [4.78, 5) is 20.1. The van der Waals surface area contributed by atoms with Crippen molar-refractivity contribution >= 4 is 35.0 Å². The Morgan fingerprint density at radius 2 is 1.64 bits per heavy atom. The van der Waals surface area contributed by atoms with E-state index < -0.39 is 34.8 Å². The van der Waals surface area contributed by atoms with E-state index in [2.05, 4.69) is 15.3 Å². The van der Waals surface area contributed by atoms with E-state index in [9.17, 15) is 31.1 Å². The molecular weight excluding hydrogens is 492 g/mol. The van der Waals surface area contributed by atoms with Crippen LogP contribution >= 0.6 is 23.4 Å². The molecule has 1 heterocycles. The van der Waals surface area contributed by atoms with E-state index >= 15 is 0 Å². The van der Waals surface area contributed by atoms with Gasteiger partial charge >= 0.3 is 12.4 Å². The lowest BCUT2D eigenvalue weighted by atomic mass is 10.1. The summed E-state index contributed by atoms with van der Waals surface area (Å²) in [5, 5.41) is 0.764. The Kier molecular flexibility index (Phi) is 7.23. The fraction of sp³-hybridized carbons (Fsp3) is 0.190. The van der Waals surface area contributed by atoms with Gasteiger partial charge in [-0.1, -0.05) is 53.7 Å². The van der Waals surface area contributed by atoms with Crippen LogP contribution in [0.15, 0.2) is 59.8 Å². The number of anilines is 1. The van der Waals surface area contributed by atoms with Crippen LogP contribution in [0.1, 0.15) is 18.2 Å². The van der Waals surface area contributed by atoms with Crippen LogP contribution in [-0.2, 0) is 17.1 Å². The highest BCUT2D eigenvalue weighted by molar-refractivity contribution is 8.00. The smallest absolute Gasteiger partial charge is 0.324 e. The van der Waals surface area contributed by atoms with Crippen molar-refractivity contribution in [2.75, 3.05) is 5.32 Å². The molecule has 0 saturated heterocycles. The highest BCUT2D eigenvalue weighted by Crippen LogP contribution is 2.35. The number of nitrogens with zero attached hydrogens (tertiary/aromatic N) is 2. The first-order chi connectivity index (χ1) is 15.3. The minimum absolute atomic E-state index is 0.00829. The second-order valence-corrected chi connectivity index (χ2v) is 8.44. The average molecular weight is 506 g/mol. The number of amides is 1. The standard InChI is InChI=1S/C21H14ClF6N3OS/c1-11(18(32)29-16-9-13(20(23,24)25)7-8-14(16)22)33-19-30-15(12-5-3-2-4-6-12)10-17(31-19)21(26,27)28/h2-11H,1H3,(H,29,32)/t11-/m1/s1. The molecule has 0 aliphatic carbocycles. The highest BCUT2D eigenvalue weighted by atomic mass is 35.5. The second kappa shape index (κ2) is 9.60. The van der Waals surface area contributed by atoms with Gasteiger partial charge in [0.25, 0.3) is 0 Å². The van der Waals surface area contributed by atoms with Gasteiger partial charge in [0.2, 0.25) is 5.91 Å². The average Bonchev–Trinajstić information content (AvgIpc) is 2.74. The molecule has 0 saturated carbocycles. The van der Waals surface area contributed by atoms with E-state index in [-0.39, 0.29) is 21.6 Å². The predicted molar refractivity (Wildman–Crippen MR) is 113 cm³/mol. The van der Waals surface area contributed by atoms with Gasteiger partial charge < -0.3 is 5.32 Å². The largest absolute Gasteiger partial charge is 0.433 e. The Balaban J connectivity index is 1.85. The molecule has 0 spiro atoms. The molecule has 2 aromatic carbocycles. The molecule has 0 aliphatic heterocycles. The maximum absolute atomic E-state index is 13.3. The molecule has 3 aromatic rings. The van der Waals surface area contributed by atoms with Gasteiger partial charge in [0.15, 0.2) is 5.16 Å². The minimum atomic E-state index is -4.75. The Morgan fingerprint density at radius 1 is 0.970 bits per heavy atom. The lowest BCUT2D eigenvalue weighted by Gasteiger charge is -2.15. The van der Waals surface area contributed by atoms with E-state index in [1.807, 2.05) is 0 Å². The first kappa shape index (κ1) is 24.8. The molecule has 1 N–H and O–H groups in total. The molecule has 0 bridgehead atoms. The first-order valence-corrected chi connectivity index (χ1v) is 10.5. The third-order valence-corrected chi connectivity index (χ3v) is 5.56. The molecule has 3 rings (SSSR count). The third kappa shape index (κ3) is 6.38. The van der Waals surface area contributed by atoms with Gasteiger partial charge in [-0.2, -0.15) is 26.3 Å². The van der Waals surface area contributed by atoms with Gasteiger partial charge in [0, 0.05) is 5.56 Å². The van der Waals surface area contributed by atoms with Crippen LogP contribution in [0.25, 0.3) is 11.3 Å². The molecule has 1 atom stereocenters. The second-order valence-electron chi connectivity index (χ2n) is 6.73. The zero-order chi connectivity index (χ0) is 24.4. The zero-order valence-electron chi connectivity index (χ0n) is 16.6. The third-order valence-electron chi connectivity index (χ3n) is 4.27. The van der Waals surface area contributed by atoms with Crippen LogP contribution in [0.3, 0.4) is 0 Å². The van der Waals surface area contributed by atoms with Crippen LogP contribution in [0.5, 0.6) is 0 Å². The van der Waals surface area contributed by atoms with Gasteiger partial charge in [-0.25, -0.2) is 9.97 Å². The number of carbonyl (C=O) groups excluding carboxylic acids is 1. The number of thioether (sulfide) groups is 1. The summed E-state index contributed by atoms with van der Waals surface area (Å²) in [5.74, 6) is -0.788. The number of carbonyl (C=O) groups is 1. The SMILES string of the molecule is C[C@@H](Sc1nc(-c2ccccc2)cc(C(F)(F)F)n1)C(=O)Nc1cc(C(F)(F)F)ccc1Cl. The van der Waals surface area contributed by atoms with Gasteiger partial charge in [-0.15, -0.1) is 0 Å². The number of benzene rings is 2. The van der Waals surface area contributed by atoms with Crippen molar-refractivity contribution in [1.29, 1.82) is 0 Å². The van der Waals surface area contributed by atoms with Crippen LogP contribution in [0.2, 0.25) is 5.02 Å². The van der Waals surface area contributed by atoms with Gasteiger partial charge in [-0.05, 0) is 31.2 Å². The topological polar surface area (TPSA) is 54.9 Å². The van der Waals surface area contributed by atoms with Gasteiger partial charge in [0.1, 0.15) is 5.69 Å². The highest BCUT2D eigenvalue weighted by Gasteiger charge is 2.34. The zero-order valence-corrected chi connectivity index (χ0v) is 18.2. The molecule has 12 heteroatoms. The minimum Gasteiger partial charge on any atom is -0.324 e. The van der Waals surface area contributed by atoms with Crippen LogP contribution < -0.4 is 5.32 Å². The lowest BCUT2D eigenvalue weighted by molar-refractivity contribution is -0.141. The van der Waals surface area contributed by atoms with Crippen molar-refractivity contribution in [3.05, 3.63) is 70.9 Å². The predicted octanol–water partition coefficient (Wildman–Crippen LogP) is 6.95. The number of rotatable bonds is 5. The summed E-state index contributed by atoms with van der Waals surface area (Å²) in [6.07, 6.45) is -9.40. The summed E-state index contributed by atoms with van der Waals surface area (Å²) in [6, 6.07) is 11.3. The summed E-state index contributed by atoms with van der Waals surface area (Å²) < 4.78 is 78.8. The van der Waals surface area contributed by atoms with E-state index in [1.54, 1.807) is 30.3 Å². The fourth-order valence-corrected chi connectivity index (χ4v) is 3.57. The normalized spacial score (nSPS) is 13.0. The molecule has 0 unspecified atom stereocenters. The van der Waals surface area contributed by atoms with Gasteiger partial charge in [-0.3, -0.25) is 4.79 Å². The van der Waals surface area contributed by atoms with E-state index in [0.29, 0.717) is 23.4 Å². The first-order valence-electron chi connectivity index (χ1n) is 9.20. The van der Waals surface area contributed by atoms with Crippen molar-refractivity contribution in [2.45, 2.75) is 29.7 Å². The maximum atomic E-state index is 13.3. The Bertz CT molecular complexity index is 1150. The van der Waals surface area contributed by atoms with Crippen molar-refractivity contribution in [1.82, 2.24) is 9.97 Å². The number of aromatic nitrogens is 2. The number of hydrogen-bond donors (Lipinski definition) is 1. The lowest BCUT2D eigenvalue weighted by Crippen LogP contribution is -2.23. The quantitative estimate of drug-likeness (QED) is 0.231. The maximum Gasteiger partial charge on any atom is 0.433 e.